The van der Waals surface area contributed by atoms with E-state index in [1.807, 2.05) is 6.92 Å². The number of allylic oxidation sites excluding steroid dienone is 1. The molecule has 3 heteroatoms. The zero-order valence-corrected chi connectivity index (χ0v) is 11.7. The van der Waals surface area contributed by atoms with Gasteiger partial charge in [0.25, 0.3) is 0 Å². The number of ether oxygens (including phenoxy) is 1. The summed E-state index contributed by atoms with van der Waals surface area (Å²) < 4.78 is 4.75. The maximum absolute atomic E-state index is 11.7. The summed E-state index contributed by atoms with van der Waals surface area (Å²) >= 11 is 0. The van der Waals surface area contributed by atoms with Crippen molar-refractivity contribution in [2.24, 2.45) is 29.6 Å². The van der Waals surface area contributed by atoms with Gasteiger partial charge in [-0.1, -0.05) is 0 Å². The Kier molecular flexibility index (Phi) is 3.12. The second-order valence-electron chi connectivity index (χ2n) is 6.62. The van der Waals surface area contributed by atoms with Crippen molar-refractivity contribution in [3.05, 3.63) is 11.1 Å². The van der Waals surface area contributed by atoms with E-state index >= 15 is 0 Å². The van der Waals surface area contributed by atoms with Gasteiger partial charge in [0.2, 0.25) is 0 Å². The van der Waals surface area contributed by atoms with Gasteiger partial charge in [-0.3, -0.25) is 0 Å². The second-order valence-corrected chi connectivity index (χ2v) is 6.62. The van der Waals surface area contributed by atoms with Crippen LogP contribution in [0.4, 0.5) is 0 Å². The summed E-state index contributed by atoms with van der Waals surface area (Å²) in [5.74, 6) is 3.20. The highest BCUT2D eigenvalue weighted by Crippen LogP contribution is 2.58. The Balaban J connectivity index is 1.92. The topological polar surface area (TPSA) is 50.1 Å². The van der Waals surface area contributed by atoms with Crippen LogP contribution in [0.2, 0.25) is 0 Å². The minimum Gasteiger partial charge on any atom is -0.465 e. The van der Waals surface area contributed by atoms with Crippen LogP contribution >= 0.6 is 0 Å². The molecular formula is C16H21NO2. The smallest absolute Gasteiger partial charge is 0.348 e. The zero-order chi connectivity index (χ0) is 13.6. The van der Waals surface area contributed by atoms with Crippen LogP contribution < -0.4 is 0 Å². The Labute approximate surface area is 114 Å². The molecule has 0 aliphatic heterocycles. The average Bonchev–Trinajstić information content (AvgIpc) is 2.38. The fourth-order valence-electron chi connectivity index (χ4n) is 5.20. The molecule has 0 unspecified atom stereocenters. The van der Waals surface area contributed by atoms with Gasteiger partial charge in [0.1, 0.15) is 11.6 Å². The van der Waals surface area contributed by atoms with Gasteiger partial charge in [0.05, 0.1) is 7.11 Å². The van der Waals surface area contributed by atoms with E-state index < -0.39 is 5.97 Å². The van der Waals surface area contributed by atoms with Crippen molar-refractivity contribution in [1.29, 1.82) is 5.26 Å². The number of hydrogen-bond acceptors (Lipinski definition) is 3. The quantitative estimate of drug-likeness (QED) is 0.435. The van der Waals surface area contributed by atoms with E-state index in [-0.39, 0.29) is 5.57 Å². The van der Waals surface area contributed by atoms with E-state index in [2.05, 4.69) is 6.07 Å². The lowest BCUT2D eigenvalue weighted by atomic mass is 9.50. The fraction of sp³-hybridized carbons (Fsp3) is 0.750. The first-order valence-electron chi connectivity index (χ1n) is 7.33. The molecule has 0 aromatic heterocycles. The summed E-state index contributed by atoms with van der Waals surface area (Å²) in [7, 11) is 1.35. The number of rotatable bonds is 2. The van der Waals surface area contributed by atoms with E-state index in [1.165, 1.54) is 39.2 Å². The molecule has 4 aliphatic rings. The number of nitriles is 1. The largest absolute Gasteiger partial charge is 0.465 e. The summed E-state index contributed by atoms with van der Waals surface area (Å²) in [5.41, 5.74) is 1.24. The highest BCUT2D eigenvalue weighted by Gasteiger charge is 2.49. The van der Waals surface area contributed by atoms with Crippen LogP contribution in [0.1, 0.15) is 39.0 Å². The van der Waals surface area contributed by atoms with Crippen LogP contribution in [0.15, 0.2) is 11.1 Å². The lowest BCUT2D eigenvalue weighted by Crippen LogP contribution is -2.45. The van der Waals surface area contributed by atoms with Crippen LogP contribution in [-0.4, -0.2) is 13.1 Å². The Morgan fingerprint density at radius 2 is 1.63 bits per heavy atom. The molecule has 3 nitrogen and oxygen atoms in total. The average molecular weight is 259 g/mol. The molecule has 0 heterocycles. The van der Waals surface area contributed by atoms with E-state index in [1.54, 1.807) is 0 Å². The Morgan fingerprint density at radius 3 is 2.05 bits per heavy atom. The predicted molar refractivity (Wildman–Crippen MR) is 70.9 cm³/mol. The molecular weight excluding hydrogens is 238 g/mol. The van der Waals surface area contributed by atoms with Gasteiger partial charge in [-0.15, -0.1) is 0 Å². The summed E-state index contributed by atoms with van der Waals surface area (Å²) in [4.78, 5) is 11.7. The Bertz CT molecular complexity index is 444. The normalized spacial score (nSPS) is 40.6. The maximum atomic E-state index is 11.7. The van der Waals surface area contributed by atoms with Crippen molar-refractivity contribution in [3.8, 4) is 6.07 Å². The molecule has 4 saturated carbocycles. The molecule has 4 aliphatic carbocycles. The molecule has 19 heavy (non-hydrogen) atoms. The molecule has 0 aromatic rings. The van der Waals surface area contributed by atoms with Crippen LogP contribution in [-0.2, 0) is 9.53 Å². The van der Waals surface area contributed by atoms with Crippen molar-refractivity contribution in [2.75, 3.05) is 7.11 Å². The molecule has 4 bridgehead atoms. The van der Waals surface area contributed by atoms with Gasteiger partial charge in [-0.25, -0.2) is 4.79 Å². The van der Waals surface area contributed by atoms with E-state index in [4.69, 9.17) is 4.74 Å². The third kappa shape index (κ3) is 1.98. The molecule has 102 valence electrons. The van der Waals surface area contributed by atoms with Crippen molar-refractivity contribution >= 4 is 5.97 Å². The first-order valence-corrected chi connectivity index (χ1v) is 7.33. The summed E-state index contributed by atoms with van der Waals surface area (Å²) in [5, 5.41) is 9.24. The Morgan fingerprint density at radius 1 is 1.11 bits per heavy atom. The van der Waals surface area contributed by atoms with Gasteiger partial charge in [0, 0.05) is 0 Å². The number of esters is 1. The zero-order valence-electron chi connectivity index (χ0n) is 11.7. The lowest BCUT2D eigenvalue weighted by molar-refractivity contribution is -0.135. The molecule has 4 rings (SSSR count). The monoisotopic (exact) mass is 259 g/mol. The first-order chi connectivity index (χ1) is 9.13. The van der Waals surface area contributed by atoms with Crippen molar-refractivity contribution in [3.63, 3.8) is 0 Å². The van der Waals surface area contributed by atoms with Crippen molar-refractivity contribution < 1.29 is 9.53 Å². The number of carbonyl (C=O) groups excluding carboxylic acids is 1. The lowest BCUT2D eigenvalue weighted by Gasteiger charge is -2.55. The summed E-state index contributed by atoms with van der Waals surface area (Å²) in [6.45, 7) is 1.97. The molecule has 0 amide bonds. The second kappa shape index (κ2) is 4.67. The number of hydrogen-bond donors (Lipinski definition) is 0. The summed E-state index contributed by atoms with van der Waals surface area (Å²) in [6.07, 6.45) is 6.62. The van der Waals surface area contributed by atoms with Gasteiger partial charge in [-0.05, 0) is 74.2 Å². The van der Waals surface area contributed by atoms with Crippen molar-refractivity contribution in [1.82, 2.24) is 0 Å². The minimum absolute atomic E-state index is 0.250. The molecule has 0 saturated heterocycles. The van der Waals surface area contributed by atoms with Crippen LogP contribution in [0.3, 0.4) is 0 Å². The van der Waals surface area contributed by atoms with Gasteiger partial charge in [0.15, 0.2) is 0 Å². The molecule has 4 fully saturated rings. The summed E-state index contributed by atoms with van der Waals surface area (Å²) in [6, 6.07) is 2.07. The minimum atomic E-state index is -0.464. The third-order valence-electron chi connectivity index (χ3n) is 5.62. The number of methoxy groups -OCH3 is 1. The SMILES string of the molecule is COC(=O)/C(C#N)=C(\C)C1C2CC3CC(C2)CC1C3. The molecule has 0 aromatic carbocycles. The highest BCUT2D eigenvalue weighted by molar-refractivity contribution is 5.93. The van der Waals surface area contributed by atoms with Gasteiger partial charge < -0.3 is 4.74 Å². The third-order valence-corrected chi connectivity index (χ3v) is 5.62. The van der Waals surface area contributed by atoms with Crippen LogP contribution in [0.5, 0.6) is 0 Å². The Hall–Kier alpha value is -1.30. The molecule has 0 atom stereocenters. The van der Waals surface area contributed by atoms with Gasteiger partial charge in [-0.2, -0.15) is 5.26 Å². The van der Waals surface area contributed by atoms with Crippen LogP contribution in [0, 0.1) is 40.9 Å². The van der Waals surface area contributed by atoms with E-state index in [9.17, 15) is 10.1 Å². The molecule has 0 spiro atoms. The molecule has 0 radical (unpaired) electrons. The number of carbonyl (C=O) groups is 1. The maximum Gasteiger partial charge on any atom is 0.348 e. The van der Waals surface area contributed by atoms with Gasteiger partial charge >= 0.3 is 5.97 Å². The van der Waals surface area contributed by atoms with E-state index in [0.29, 0.717) is 17.8 Å². The highest BCUT2D eigenvalue weighted by atomic mass is 16.5. The van der Waals surface area contributed by atoms with Crippen molar-refractivity contribution in [2.45, 2.75) is 39.0 Å². The standard InChI is InChI=1S/C16H21NO2/c1-9(14(8-17)16(18)19-2)15-12-4-10-3-11(6-12)7-13(15)5-10/h10-13,15H,3-7H2,1-2H3/b14-9+. The fourth-order valence-corrected chi connectivity index (χ4v) is 5.20. The molecule has 0 N–H and O–H groups in total. The first kappa shape index (κ1) is 12.7. The predicted octanol–water partition coefficient (Wildman–Crippen LogP) is 3.07. The van der Waals surface area contributed by atoms with E-state index in [0.717, 1.165) is 17.4 Å². The number of nitrogens with zero attached hydrogens (tertiary/aromatic N) is 1. The van der Waals surface area contributed by atoms with Crippen LogP contribution in [0.25, 0.3) is 0 Å².